The molecule has 0 radical (unpaired) electrons. The largest absolute Gasteiger partial charge is 0.384 e. The summed E-state index contributed by atoms with van der Waals surface area (Å²) in [5, 5.41) is 0. The van der Waals surface area contributed by atoms with Gasteiger partial charge < -0.3 is 4.74 Å². The fourth-order valence-corrected chi connectivity index (χ4v) is 2.90. The zero-order chi connectivity index (χ0) is 15.4. The van der Waals surface area contributed by atoms with E-state index in [0.29, 0.717) is 12.5 Å². The molecule has 0 amide bonds. The van der Waals surface area contributed by atoms with Crippen molar-refractivity contribution in [3.63, 3.8) is 0 Å². The van der Waals surface area contributed by atoms with E-state index in [4.69, 9.17) is 4.74 Å². The van der Waals surface area contributed by atoms with Gasteiger partial charge in [-0.1, -0.05) is 0 Å². The number of ketones is 1. The molecule has 1 aliphatic rings. The molecule has 0 aromatic heterocycles. The van der Waals surface area contributed by atoms with E-state index in [2.05, 4.69) is 4.90 Å². The number of carbonyl (C=O) groups is 1. The molecule has 1 aliphatic heterocycles. The average Bonchev–Trinajstić information content (AvgIpc) is 2.46. The molecule has 1 saturated heterocycles. The molecule has 0 saturated carbocycles. The highest BCUT2D eigenvalue weighted by Crippen LogP contribution is 2.21. The van der Waals surface area contributed by atoms with Gasteiger partial charge in [0.05, 0.1) is 18.2 Å². The van der Waals surface area contributed by atoms with Gasteiger partial charge in [0.2, 0.25) is 0 Å². The molecule has 0 N–H and O–H groups in total. The van der Waals surface area contributed by atoms with Crippen LogP contribution in [0.2, 0.25) is 0 Å². The first kappa shape index (κ1) is 16.0. The van der Waals surface area contributed by atoms with E-state index < -0.39 is 17.7 Å². The Labute approximate surface area is 123 Å². The summed E-state index contributed by atoms with van der Waals surface area (Å²) in [6.45, 7) is 4.03. The lowest BCUT2D eigenvalue weighted by Gasteiger charge is -2.35. The summed E-state index contributed by atoms with van der Waals surface area (Å²) in [4.78, 5) is 14.5. The van der Waals surface area contributed by atoms with Gasteiger partial charge >= 0.3 is 0 Å². The second-order valence-corrected chi connectivity index (χ2v) is 5.62. The van der Waals surface area contributed by atoms with Crippen LogP contribution in [0.3, 0.4) is 0 Å². The molecule has 1 aromatic rings. The number of hydrogen-bond donors (Lipinski definition) is 0. The predicted molar refractivity (Wildman–Crippen MR) is 76.3 cm³/mol. The molecule has 116 valence electrons. The van der Waals surface area contributed by atoms with Gasteiger partial charge in [0, 0.05) is 19.7 Å². The Balaban J connectivity index is 2.07. The van der Waals surface area contributed by atoms with Crippen molar-refractivity contribution in [1.82, 2.24) is 4.90 Å². The zero-order valence-corrected chi connectivity index (χ0v) is 12.4. The monoisotopic (exact) mass is 297 g/mol. The van der Waals surface area contributed by atoms with Crippen LogP contribution in [0, 0.1) is 17.6 Å². The second kappa shape index (κ2) is 7.09. The van der Waals surface area contributed by atoms with Crippen molar-refractivity contribution in [2.75, 3.05) is 26.8 Å². The Hall–Kier alpha value is -1.33. The number of hydrogen-bond acceptors (Lipinski definition) is 3. The topological polar surface area (TPSA) is 29.5 Å². The number of likely N-dealkylation sites (tertiary alicyclic amines) is 1. The van der Waals surface area contributed by atoms with Crippen molar-refractivity contribution in [2.24, 2.45) is 5.92 Å². The highest BCUT2D eigenvalue weighted by atomic mass is 19.1. The van der Waals surface area contributed by atoms with Gasteiger partial charge in [-0.3, -0.25) is 9.69 Å². The van der Waals surface area contributed by atoms with E-state index in [1.807, 2.05) is 0 Å². The smallest absolute Gasteiger partial charge is 0.182 e. The Kier molecular flexibility index (Phi) is 5.42. The van der Waals surface area contributed by atoms with Gasteiger partial charge in [0.15, 0.2) is 5.78 Å². The van der Waals surface area contributed by atoms with E-state index in [1.165, 1.54) is 6.07 Å². The maximum Gasteiger partial charge on any atom is 0.182 e. The quantitative estimate of drug-likeness (QED) is 0.783. The summed E-state index contributed by atoms with van der Waals surface area (Å²) in [6.07, 6.45) is 2.08. The van der Waals surface area contributed by atoms with E-state index in [-0.39, 0.29) is 11.3 Å². The minimum absolute atomic E-state index is 0.0437. The summed E-state index contributed by atoms with van der Waals surface area (Å²) < 4.78 is 31.8. The number of piperidine rings is 1. The highest BCUT2D eigenvalue weighted by molar-refractivity contribution is 6.00. The van der Waals surface area contributed by atoms with Crippen LogP contribution in [0.1, 0.15) is 30.1 Å². The Morgan fingerprint density at radius 2 is 2.24 bits per heavy atom. The number of methoxy groups -OCH3 is 1. The molecular weight excluding hydrogens is 276 g/mol. The number of carbonyl (C=O) groups excluding carboxylic acids is 1. The number of ether oxygens (including phenoxy) is 1. The molecule has 2 unspecified atom stereocenters. The van der Waals surface area contributed by atoms with Gasteiger partial charge in [0.1, 0.15) is 11.6 Å². The van der Waals surface area contributed by atoms with Crippen molar-refractivity contribution in [3.05, 3.63) is 35.4 Å². The molecule has 1 heterocycles. The molecule has 2 rings (SSSR count). The maximum atomic E-state index is 13.7. The summed E-state index contributed by atoms with van der Waals surface area (Å²) >= 11 is 0. The van der Waals surface area contributed by atoms with Gasteiger partial charge in [-0.2, -0.15) is 0 Å². The van der Waals surface area contributed by atoms with Gasteiger partial charge in [-0.15, -0.1) is 0 Å². The molecule has 1 fully saturated rings. The number of Topliss-reactive ketones (excluding diaryl/α,β-unsaturated/α-hetero) is 1. The number of nitrogens with zero attached hydrogens (tertiary/aromatic N) is 1. The first-order chi connectivity index (χ1) is 10.0. The lowest BCUT2D eigenvalue weighted by atomic mass is 9.95. The first-order valence-corrected chi connectivity index (χ1v) is 7.25. The van der Waals surface area contributed by atoms with Crippen LogP contribution >= 0.6 is 0 Å². The standard InChI is InChI=1S/C16H21F2NO2/c1-11(19-7-3-4-12(9-19)10-21-2)16(20)14-6-5-13(17)8-15(14)18/h5-6,8,11-12H,3-4,7,9-10H2,1-2H3. The number of benzene rings is 1. The van der Waals surface area contributed by atoms with E-state index in [1.54, 1.807) is 14.0 Å². The Bertz CT molecular complexity index is 505. The SMILES string of the molecule is COCC1CCCN(C(C)C(=O)c2ccc(F)cc2F)C1. The third-order valence-electron chi connectivity index (χ3n) is 4.08. The van der Waals surface area contributed by atoms with Crippen molar-refractivity contribution < 1.29 is 18.3 Å². The van der Waals surface area contributed by atoms with Crippen molar-refractivity contribution in [3.8, 4) is 0 Å². The van der Waals surface area contributed by atoms with E-state index >= 15 is 0 Å². The molecule has 2 atom stereocenters. The van der Waals surface area contributed by atoms with Crippen LogP contribution in [0.5, 0.6) is 0 Å². The van der Waals surface area contributed by atoms with Crippen LogP contribution in [0.25, 0.3) is 0 Å². The van der Waals surface area contributed by atoms with Crippen LogP contribution < -0.4 is 0 Å². The van der Waals surface area contributed by atoms with Gasteiger partial charge in [-0.05, 0) is 44.4 Å². The van der Waals surface area contributed by atoms with Gasteiger partial charge in [-0.25, -0.2) is 8.78 Å². The van der Waals surface area contributed by atoms with Crippen LogP contribution in [-0.2, 0) is 4.74 Å². The summed E-state index contributed by atoms with van der Waals surface area (Å²) in [5.41, 5.74) is -0.0437. The van der Waals surface area contributed by atoms with E-state index in [9.17, 15) is 13.6 Å². The normalized spacial score (nSPS) is 21.2. The second-order valence-electron chi connectivity index (χ2n) is 5.62. The van der Waals surface area contributed by atoms with Crippen molar-refractivity contribution in [2.45, 2.75) is 25.8 Å². The minimum atomic E-state index is -0.794. The van der Waals surface area contributed by atoms with Crippen molar-refractivity contribution in [1.29, 1.82) is 0 Å². The van der Waals surface area contributed by atoms with E-state index in [0.717, 1.165) is 38.1 Å². The summed E-state index contributed by atoms with van der Waals surface area (Å²) in [6, 6.07) is 2.68. The lowest BCUT2D eigenvalue weighted by molar-refractivity contribution is 0.0592. The molecule has 0 aliphatic carbocycles. The van der Waals surface area contributed by atoms with Crippen LogP contribution in [0.4, 0.5) is 8.78 Å². The fraction of sp³-hybridized carbons (Fsp3) is 0.562. The number of halogens is 2. The Morgan fingerprint density at radius 1 is 1.48 bits per heavy atom. The third kappa shape index (κ3) is 3.86. The fourth-order valence-electron chi connectivity index (χ4n) is 2.90. The minimum Gasteiger partial charge on any atom is -0.384 e. The molecule has 0 bridgehead atoms. The predicted octanol–water partition coefficient (Wildman–Crippen LogP) is 2.89. The molecule has 3 nitrogen and oxygen atoms in total. The molecule has 1 aromatic carbocycles. The van der Waals surface area contributed by atoms with Crippen LogP contribution in [-0.4, -0.2) is 43.5 Å². The zero-order valence-electron chi connectivity index (χ0n) is 12.4. The van der Waals surface area contributed by atoms with Gasteiger partial charge in [0.25, 0.3) is 0 Å². The Morgan fingerprint density at radius 3 is 2.90 bits per heavy atom. The molecule has 5 heteroatoms. The average molecular weight is 297 g/mol. The van der Waals surface area contributed by atoms with Crippen molar-refractivity contribution >= 4 is 5.78 Å². The highest BCUT2D eigenvalue weighted by Gasteiger charge is 2.29. The molecular formula is C16H21F2NO2. The number of rotatable bonds is 5. The van der Waals surface area contributed by atoms with Crippen LogP contribution in [0.15, 0.2) is 18.2 Å². The summed E-state index contributed by atoms with van der Waals surface area (Å²) in [5.74, 6) is -1.37. The maximum absolute atomic E-state index is 13.7. The molecule has 0 spiro atoms. The lowest BCUT2D eigenvalue weighted by Crippen LogP contribution is -2.46. The third-order valence-corrected chi connectivity index (χ3v) is 4.08. The summed E-state index contributed by atoms with van der Waals surface area (Å²) in [7, 11) is 1.67. The first-order valence-electron chi connectivity index (χ1n) is 7.25. The molecule has 21 heavy (non-hydrogen) atoms.